The van der Waals surface area contributed by atoms with Crippen LogP contribution < -0.4 is 5.73 Å². The number of fused-ring (bicyclic) bond motifs is 1. The number of aromatic hydroxyl groups is 1. The fourth-order valence-corrected chi connectivity index (χ4v) is 2.41. The van der Waals surface area contributed by atoms with Crippen molar-refractivity contribution in [2.24, 2.45) is 5.73 Å². The highest BCUT2D eigenvalue weighted by Crippen LogP contribution is 2.40. The number of aryl methyl sites for hydroxylation is 1. The summed E-state index contributed by atoms with van der Waals surface area (Å²) in [7, 11) is 0. The highest BCUT2D eigenvalue weighted by Gasteiger charge is 2.22. The van der Waals surface area contributed by atoms with Gasteiger partial charge < -0.3 is 15.9 Å². The molecule has 0 radical (unpaired) electrons. The summed E-state index contributed by atoms with van der Waals surface area (Å²) < 4.78 is 0. The highest BCUT2D eigenvalue weighted by molar-refractivity contribution is 6.33. The molecule has 1 aromatic carbocycles. The number of rotatable bonds is 2. The largest absolute Gasteiger partial charge is 0.506 e. The molecule has 0 aliphatic heterocycles. The van der Waals surface area contributed by atoms with Crippen LogP contribution in [0.5, 0.6) is 5.75 Å². The van der Waals surface area contributed by atoms with Gasteiger partial charge >= 0.3 is 0 Å². The van der Waals surface area contributed by atoms with E-state index in [4.69, 9.17) is 17.3 Å². The maximum atomic E-state index is 9.82. The summed E-state index contributed by atoms with van der Waals surface area (Å²) in [5.74, 6) is -0.0183. The second-order valence-electron chi connectivity index (χ2n) is 3.87. The Morgan fingerprint density at radius 3 is 2.87 bits per heavy atom. The highest BCUT2D eigenvalue weighted by atomic mass is 35.5. The fourth-order valence-electron chi connectivity index (χ4n) is 2.08. The Labute approximate surface area is 93.5 Å². The minimum atomic E-state index is -0.839. The molecule has 4 N–H and O–H groups in total. The van der Waals surface area contributed by atoms with Gasteiger partial charge in [0.2, 0.25) is 0 Å². The molecule has 1 aliphatic rings. The van der Waals surface area contributed by atoms with Crippen LogP contribution in [-0.4, -0.2) is 16.8 Å². The molecule has 0 saturated carbocycles. The van der Waals surface area contributed by atoms with Crippen LogP contribution in [0.3, 0.4) is 0 Å². The minimum absolute atomic E-state index is 0.0183. The van der Waals surface area contributed by atoms with Crippen LogP contribution in [0, 0.1) is 0 Å². The number of halogens is 1. The van der Waals surface area contributed by atoms with E-state index >= 15 is 0 Å². The van der Waals surface area contributed by atoms with E-state index in [1.165, 1.54) is 0 Å². The Bertz CT molecular complexity index is 393. The van der Waals surface area contributed by atoms with Crippen LogP contribution in [0.25, 0.3) is 0 Å². The van der Waals surface area contributed by atoms with Crippen molar-refractivity contribution in [3.05, 3.63) is 27.8 Å². The summed E-state index contributed by atoms with van der Waals surface area (Å²) in [6, 6.07) is 1.82. The van der Waals surface area contributed by atoms with Crippen molar-refractivity contribution in [2.75, 3.05) is 6.54 Å². The SMILES string of the molecule is NCC(O)c1cc2c(c(Cl)c1O)CCC2. The van der Waals surface area contributed by atoms with Gasteiger partial charge in [0.1, 0.15) is 5.75 Å². The summed E-state index contributed by atoms with van der Waals surface area (Å²) in [5, 5.41) is 19.8. The van der Waals surface area contributed by atoms with Gasteiger partial charge in [-0.2, -0.15) is 0 Å². The minimum Gasteiger partial charge on any atom is -0.506 e. The molecule has 1 atom stereocenters. The van der Waals surface area contributed by atoms with Gasteiger partial charge in [-0.15, -0.1) is 0 Å². The molecule has 15 heavy (non-hydrogen) atoms. The number of aliphatic hydroxyl groups is 1. The Morgan fingerprint density at radius 1 is 1.47 bits per heavy atom. The summed E-state index contributed by atoms with van der Waals surface area (Å²) in [6.45, 7) is 0.0860. The van der Waals surface area contributed by atoms with Crippen molar-refractivity contribution in [3.8, 4) is 5.75 Å². The van der Waals surface area contributed by atoms with Gasteiger partial charge in [-0.25, -0.2) is 0 Å². The number of phenols is 1. The molecule has 0 heterocycles. The van der Waals surface area contributed by atoms with Crippen molar-refractivity contribution >= 4 is 11.6 Å². The smallest absolute Gasteiger partial charge is 0.140 e. The van der Waals surface area contributed by atoms with Crippen LogP contribution in [0.15, 0.2) is 6.07 Å². The van der Waals surface area contributed by atoms with E-state index in [1.54, 1.807) is 0 Å². The fraction of sp³-hybridized carbons (Fsp3) is 0.455. The van der Waals surface area contributed by atoms with Gasteiger partial charge in [0.25, 0.3) is 0 Å². The molecule has 82 valence electrons. The number of aliphatic hydroxyl groups excluding tert-OH is 1. The van der Waals surface area contributed by atoms with Crippen LogP contribution >= 0.6 is 11.6 Å². The Hall–Kier alpha value is -0.770. The number of benzene rings is 1. The molecule has 2 rings (SSSR count). The molecular weight excluding hydrogens is 214 g/mol. The predicted molar refractivity (Wildman–Crippen MR) is 59.2 cm³/mol. The average molecular weight is 228 g/mol. The summed E-state index contributed by atoms with van der Waals surface area (Å²) >= 11 is 6.04. The lowest BCUT2D eigenvalue weighted by molar-refractivity contribution is 0.182. The molecule has 0 bridgehead atoms. The van der Waals surface area contributed by atoms with Crippen molar-refractivity contribution in [1.29, 1.82) is 0 Å². The van der Waals surface area contributed by atoms with E-state index in [9.17, 15) is 10.2 Å². The van der Waals surface area contributed by atoms with Crippen LogP contribution in [0.4, 0.5) is 0 Å². The molecule has 0 fully saturated rings. The lowest BCUT2D eigenvalue weighted by atomic mass is 10.0. The van der Waals surface area contributed by atoms with Crippen LogP contribution in [0.1, 0.15) is 29.2 Å². The Kier molecular flexibility index (Phi) is 2.87. The zero-order valence-electron chi connectivity index (χ0n) is 8.33. The third-order valence-electron chi connectivity index (χ3n) is 2.92. The van der Waals surface area contributed by atoms with E-state index in [0.717, 1.165) is 30.4 Å². The van der Waals surface area contributed by atoms with E-state index in [2.05, 4.69) is 0 Å². The van der Waals surface area contributed by atoms with E-state index < -0.39 is 6.10 Å². The quantitative estimate of drug-likeness (QED) is 0.718. The Balaban J connectivity index is 2.54. The Morgan fingerprint density at radius 2 is 2.20 bits per heavy atom. The molecule has 4 heteroatoms. The summed E-state index contributed by atoms with van der Waals surface area (Å²) in [6.07, 6.45) is 2.07. The maximum Gasteiger partial charge on any atom is 0.140 e. The van der Waals surface area contributed by atoms with E-state index in [1.807, 2.05) is 6.07 Å². The van der Waals surface area contributed by atoms with E-state index in [-0.39, 0.29) is 12.3 Å². The van der Waals surface area contributed by atoms with Gasteiger partial charge in [0, 0.05) is 12.1 Å². The number of hydrogen-bond acceptors (Lipinski definition) is 3. The summed E-state index contributed by atoms with van der Waals surface area (Å²) in [4.78, 5) is 0. The summed E-state index contributed by atoms with van der Waals surface area (Å²) in [5.41, 5.74) is 7.95. The predicted octanol–water partition coefficient (Wildman–Crippen LogP) is 1.53. The van der Waals surface area contributed by atoms with Crippen molar-refractivity contribution in [1.82, 2.24) is 0 Å². The topological polar surface area (TPSA) is 66.5 Å². The third kappa shape index (κ3) is 1.71. The van der Waals surface area contributed by atoms with Crippen molar-refractivity contribution in [2.45, 2.75) is 25.4 Å². The first kappa shape index (κ1) is 10.7. The third-order valence-corrected chi connectivity index (χ3v) is 3.33. The molecule has 1 aliphatic carbocycles. The lowest BCUT2D eigenvalue weighted by Gasteiger charge is -2.14. The number of phenolic OH excluding ortho intramolecular Hbond substituents is 1. The van der Waals surface area contributed by atoms with Gasteiger partial charge in [-0.05, 0) is 36.5 Å². The number of nitrogens with two attached hydrogens (primary N) is 1. The van der Waals surface area contributed by atoms with Crippen molar-refractivity contribution < 1.29 is 10.2 Å². The standard InChI is InChI=1S/C11H14ClNO2/c12-10-7-3-1-2-6(7)4-8(11(10)15)9(14)5-13/h4,9,14-15H,1-3,5,13H2. The zero-order valence-corrected chi connectivity index (χ0v) is 9.09. The second-order valence-corrected chi connectivity index (χ2v) is 4.25. The normalized spacial score (nSPS) is 16.5. The van der Waals surface area contributed by atoms with Crippen LogP contribution in [-0.2, 0) is 12.8 Å². The first-order valence-corrected chi connectivity index (χ1v) is 5.44. The van der Waals surface area contributed by atoms with Crippen LogP contribution in [0.2, 0.25) is 5.02 Å². The van der Waals surface area contributed by atoms with Gasteiger partial charge in [0.05, 0.1) is 11.1 Å². The van der Waals surface area contributed by atoms with Gasteiger partial charge in [-0.1, -0.05) is 11.6 Å². The number of hydrogen-bond donors (Lipinski definition) is 3. The molecule has 0 amide bonds. The zero-order chi connectivity index (χ0) is 11.0. The van der Waals surface area contributed by atoms with Gasteiger partial charge in [-0.3, -0.25) is 0 Å². The molecule has 3 nitrogen and oxygen atoms in total. The van der Waals surface area contributed by atoms with Crippen molar-refractivity contribution in [3.63, 3.8) is 0 Å². The average Bonchev–Trinajstić information content (AvgIpc) is 2.70. The first-order chi connectivity index (χ1) is 7.15. The molecule has 1 unspecified atom stereocenters. The molecule has 1 aromatic rings. The van der Waals surface area contributed by atoms with Gasteiger partial charge in [0.15, 0.2) is 0 Å². The van der Waals surface area contributed by atoms with E-state index in [0.29, 0.717) is 10.6 Å². The first-order valence-electron chi connectivity index (χ1n) is 5.06. The second kappa shape index (κ2) is 4.00. The maximum absolute atomic E-state index is 9.82. The molecule has 0 saturated heterocycles. The lowest BCUT2D eigenvalue weighted by Crippen LogP contribution is -2.12. The molecular formula is C11H14ClNO2. The molecule has 0 spiro atoms. The molecule has 0 aromatic heterocycles. The monoisotopic (exact) mass is 227 g/mol.